The second-order valence-corrected chi connectivity index (χ2v) is 7.07. The van der Waals surface area contributed by atoms with Gasteiger partial charge in [0, 0.05) is 16.8 Å². The van der Waals surface area contributed by atoms with Crippen molar-refractivity contribution in [2.45, 2.75) is 11.8 Å². The Morgan fingerprint density at radius 1 is 1.00 bits per heavy atom. The van der Waals surface area contributed by atoms with E-state index in [1.54, 1.807) is 18.0 Å². The van der Waals surface area contributed by atoms with Crippen molar-refractivity contribution >= 4 is 34.4 Å². The van der Waals surface area contributed by atoms with Gasteiger partial charge in [-0.25, -0.2) is 4.98 Å². The first-order chi connectivity index (χ1) is 13.1. The zero-order valence-electron chi connectivity index (χ0n) is 15.0. The van der Waals surface area contributed by atoms with E-state index in [9.17, 15) is 4.79 Å². The van der Waals surface area contributed by atoms with Crippen LogP contribution in [0.15, 0.2) is 70.5 Å². The summed E-state index contributed by atoms with van der Waals surface area (Å²) in [5.74, 6) is 0.374. The summed E-state index contributed by atoms with van der Waals surface area (Å²) in [6, 6.07) is 17.8. The Hall–Kier alpha value is -3.12. The average Bonchev–Trinajstić information content (AvgIpc) is 2.69. The number of anilines is 2. The second-order valence-electron chi connectivity index (χ2n) is 6.19. The molecular weight excluding hydrogens is 356 g/mol. The van der Waals surface area contributed by atoms with E-state index in [0.717, 1.165) is 16.8 Å². The first-order valence-electron chi connectivity index (χ1n) is 8.51. The summed E-state index contributed by atoms with van der Waals surface area (Å²) < 4.78 is 0. The van der Waals surface area contributed by atoms with Crippen molar-refractivity contribution in [2.75, 3.05) is 11.6 Å². The van der Waals surface area contributed by atoms with Gasteiger partial charge in [-0.3, -0.25) is 9.78 Å². The first kappa shape index (κ1) is 17.3. The van der Waals surface area contributed by atoms with Gasteiger partial charge >= 0.3 is 0 Å². The molecule has 0 aliphatic heterocycles. The van der Waals surface area contributed by atoms with Gasteiger partial charge in [0.15, 0.2) is 5.65 Å². The van der Waals surface area contributed by atoms with Gasteiger partial charge in [-0.1, -0.05) is 29.8 Å². The minimum absolute atomic E-state index is 0.216. The molecule has 2 aromatic heterocycles. The summed E-state index contributed by atoms with van der Waals surface area (Å²) in [4.78, 5) is 25.6. The van der Waals surface area contributed by atoms with Gasteiger partial charge in [-0.15, -0.1) is 11.8 Å². The van der Waals surface area contributed by atoms with E-state index in [4.69, 9.17) is 0 Å². The standard InChI is InChI=1S/C21H18N4OS/c1-13-3-7-15(8-4-13)23-21-24-19-18(20(26)25-21)17(11-12-22-19)14-5-9-16(27-2)10-6-14/h3-12H,1-2H3,(H2,22,23,24,25,26). The molecule has 0 unspecified atom stereocenters. The number of aryl methyl sites for hydroxylation is 1. The second kappa shape index (κ2) is 7.25. The maximum Gasteiger partial charge on any atom is 0.262 e. The van der Waals surface area contributed by atoms with Crippen LogP contribution in [0.4, 0.5) is 11.6 Å². The fraction of sp³-hybridized carbons (Fsp3) is 0.0952. The quantitative estimate of drug-likeness (QED) is 0.504. The van der Waals surface area contributed by atoms with Crippen LogP contribution in [-0.2, 0) is 0 Å². The van der Waals surface area contributed by atoms with Crippen LogP contribution in [0.5, 0.6) is 0 Å². The molecule has 0 bridgehead atoms. The minimum atomic E-state index is -0.216. The van der Waals surface area contributed by atoms with Crippen LogP contribution >= 0.6 is 11.8 Å². The number of nitrogens with one attached hydrogen (secondary N) is 2. The van der Waals surface area contributed by atoms with Crippen LogP contribution in [0.2, 0.25) is 0 Å². The van der Waals surface area contributed by atoms with Crippen molar-refractivity contribution in [1.82, 2.24) is 15.0 Å². The SMILES string of the molecule is CSc1ccc(-c2ccnc3nc(Nc4ccc(C)cc4)[nH]c(=O)c23)cc1. The fourth-order valence-electron chi connectivity index (χ4n) is 2.91. The van der Waals surface area contributed by atoms with E-state index in [0.29, 0.717) is 17.0 Å². The van der Waals surface area contributed by atoms with Crippen molar-refractivity contribution in [3.8, 4) is 11.1 Å². The smallest absolute Gasteiger partial charge is 0.262 e. The number of hydrogen-bond donors (Lipinski definition) is 2. The molecule has 2 aromatic carbocycles. The lowest BCUT2D eigenvalue weighted by atomic mass is 10.0. The number of hydrogen-bond acceptors (Lipinski definition) is 5. The molecule has 0 aliphatic carbocycles. The Bertz CT molecular complexity index is 1150. The van der Waals surface area contributed by atoms with E-state index < -0.39 is 0 Å². The predicted molar refractivity (Wildman–Crippen MR) is 112 cm³/mol. The summed E-state index contributed by atoms with van der Waals surface area (Å²) in [5.41, 5.74) is 4.01. The Balaban J connectivity index is 1.77. The lowest BCUT2D eigenvalue weighted by Gasteiger charge is -2.09. The summed E-state index contributed by atoms with van der Waals surface area (Å²) in [5, 5.41) is 3.62. The third-order valence-electron chi connectivity index (χ3n) is 4.32. The number of benzene rings is 2. The van der Waals surface area contributed by atoms with Gasteiger partial charge in [-0.2, -0.15) is 4.98 Å². The largest absolute Gasteiger partial charge is 0.326 e. The number of fused-ring (bicyclic) bond motifs is 1. The van der Waals surface area contributed by atoms with Gasteiger partial charge in [0.2, 0.25) is 5.95 Å². The molecule has 2 heterocycles. The van der Waals surface area contributed by atoms with Crippen molar-refractivity contribution in [1.29, 1.82) is 0 Å². The third-order valence-corrected chi connectivity index (χ3v) is 5.07. The molecule has 0 atom stereocenters. The Kier molecular flexibility index (Phi) is 4.64. The van der Waals surface area contributed by atoms with E-state index in [1.807, 2.05) is 67.8 Å². The maximum absolute atomic E-state index is 12.8. The molecule has 0 radical (unpaired) electrons. The number of nitrogens with zero attached hydrogens (tertiary/aromatic N) is 2. The maximum atomic E-state index is 12.8. The highest BCUT2D eigenvalue weighted by molar-refractivity contribution is 7.98. The highest BCUT2D eigenvalue weighted by Gasteiger charge is 2.11. The van der Waals surface area contributed by atoms with Crippen LogP contribution in [0.25, 0.3) is 22.2 Å². The molecule has 6 heteroatoms. The van der Waals surface area contributed by atoms with E-state index in [-0.39, 0.29) is 5.56 Å². The molecule has 27 heavy (non-hydrogen) atoms. The monoisotopic (exact) mass is 374 g/mol. The normalized spacial score (nSPS) is 10.9. The number of rotatable bonds is 4. The molecule has 5 nitrogen and oxygen atoms in total. The number of aromatic nitrogens is 3. The van der Waals surface area contributed by atoms with Crippen LogP contribution in [-0.4, -0.2) is 21.2 Å². The highest BCUT2D eigenvalue weighted by atomic mass is 32.2. The van der Waals surface area contributed by atoms with Crippen LogP contribution < -0.4 is 10.9 Å². The number of thioether (sulfide) groups is 1. The predicted octanol–water partition coefficient (Wildman–Crippen LogP) is 4.76. The average molecular weight is 374 g/mol. The van der Waals surface area contributed by atoms with Gasteiger partial charge in [0.1, 0.15) is 0 Å². The lowest BCUT2D eigenvalue weighted by molar-refractivity contribution is 1.14. The highest BCUT2D eigenvalue weighted by Crippen LogP contribution is 2.27. The van der Waals surface area contributed by atoms with Crippen LogP contribution in [0.1, 0.15) is 5.56 Å². The Labute approximate surface area is 160 Å². The minimum Gasteiger partial charge on any atom is -0.326 e. The van der Waals surface area contributed by atoms with Crippen LogP contribution in [0, 0.1) is 6.92 Å². The molecule has 0 saturated carbocycles. The summed E-state index contributed by atoms with van der Waals surface area (Å²) in [7, 11) is 0. The summed E-state index contributed by atoms with van der Waals surface area (Å²) in [6.45, 7) is 2.02. The molecule has 0 saturated heterocycles. The molecule has 4 aromatic rings. The Morgan fingerprint density at radius 3 is 2.44 bits per heavy atom. The zero-order valence-corrected chi connectivity index (χ0v) is 15.8. The lowest BCUT2D eigenvalue weighted by Crippen LogP contribution is -2.13. The van der Waals surface area contributed by atoms with Crippen molar-refractivity contribution in [2.24, 2.45) is 0 Å². The van der Waals surface area contributed by atoms with Gasteiger partial charge in [0.05, 0.1) is 5.39 Å². The van der Waals surface area contributed by atoms with E-state index in [1.165, 1.54) is 10.5 Å². The number of pyridine rings is 1. The van der Waals surface area contributed by atoms with Gasteiger partial charge in [-0.05, 0) is 54.6 Å². The molecule has 0 aliphatic rings. The molecule has 4 rings (SSSR count). The van der Waals surface area contributed by atoms with Gasteiger partial charge < -0.3 is 5.32 Å². The number of aromatic amines is 1. The molecule has 0 spiro atoms. The summed E-state index contributed by atoms with van der Waals surface area (Å²) in [6.07, 6.45) is 3.72. The van der Waals surface area contributed by atoms with E-state index in [2.05, 4.69) is 20.3 Å². The zero-order chi connectivity index (χ0) is 18.8. The van der Waals surface area contributed by atoms with Crippen molar-refractivity contribution in [3.05, 3.63) is 76.7 Å². The van der Waals surface area contributed by atoms with Crippen LogP contribution in [0.3, 0.4) is 0 Å². The molecule has 0 amide bonds. The first-order valence-corrected chi connectivity index (χ1v) is 9.74. The Morgan fingerprint density at radius 2 is 1.74 bits per heavy atom. The molecule has 0 fully saturated rings. The molecule has 134 valence electrons. The summed E-state index contributed by atoms with van der Waals surface area (Å²) >= 11 is 1.68. The van der Waals surface area contributed by atoms with Crippen molar-refractivity contribution in [3.63, 3.8) is 0 Å². The topological polar surface area (TPSA) is 70.7 Å². The molecular formula is C21H18N4OS. The van der Waals surface area contributed by atoms with Crippen molar-refractivity contribution < 1.29 is 0 Å². The van der Waals surface area contributed by atoms with E-state index >= 15 is 0 Å². The number of H-pyrrole nitrogens is 1. The fourth-order valence-corrected chi connectivity index (χ4v) is 3.32. The van der Waals surface area contributed by atoms with Gasteiger partial charge in [0.25, 0.3) is 5.56 Å². The third kappa shape index (κ3) is 3.57. The molecule has 2 N–H and O–H groups in total.